The molecule has 1 aromatic heterocycles. The number of cyclic esters (lactones) is 1. The summed E-state index contributed by atoms with van der Waals surface area (Å²) in [6.07, 6.45) is -10.6. The monoisotopic (exact) mass is 945 g/mol. The molecule has 2 saturated carbocycles. The van der Waals surface area contributed by atoms with Crippen LogP contribution in [0.1, 0.15) is 97.9 Å². The maximum absolute atomic E-state index is 14.9. The summed E-state index contributed by atoms with van der Waals surface area (Å²) >= 11 is 0. The fourth-order valence-corrected chi connectivity index (χ4v) is 10.4. The van der Waals surface area contributed by atoms with Crippen molar-refractivity contribution in [2.24, 2.45) is 11.3 Å². The lowest BCUT2D eigenvalue weighted by atomic mass is 9.45. The Morgan fingerprint density at radius 2 is 1.25 bits per heavy atom. The van der Waals surface area contributed by atoms with E-state index in [2.05, 4.69) is 4.98 Å². The fraction of sp³-hybridized carbons (Fsp3) is 0.479. The zero-order chi connectivity index (χ0) is 49.7. The van der Waals surface area contributed by atoms with E-state index >= 15 is 0 Å². The van der Waals surface area contributed by atoms with Crippen molar-refractivity contribution in [3.63, 3.8) is 0 Å². The summed E-state index contributed by atoms with van der Waals surface area (Å²) in [5.41, 5.74) is -13.9. The first-order valence-corrected chi connectivity index (χ1v) is 21.6. The maximum Gasteiger partial charge on any atom is 0.340 e. The lowest BCUT2D eigenvalue weighted by molar-refractivity contribution is -0.385. The Balaban J connectivity index is 1.66. The van der Waals surface area contributed by atoms with Crippen LogP contribution in [-0.2, 0) is 66.6 Å². The third kappa shape index (κ3) is 8.02. The molecule has 4 bridgehead atoms. The quantitative estimate of drug-likeness (QED) is 0.230. The van der Waals surface area contributed by atoms with Crippen LogP contribution in [0.25, 0.3) is 0 Å². The minimum atomic E-state index is -3.05. The van der Waals surface area contributed by atoms with Crippen LogP contribution < -0.4 is 0 Å². The number of hydrogen-bond donors (Lipinski definition) is 2. The van der Waals surface area contributed by atoms with Gasteiger partial charge in [-0.2, -0.15) is 0 Å². The molecule has 2 aliphatic heterocycles. The second kappa shape index (κ2) is 18.0. The number of carbonyl (C=O) groups is 8. The van der Waals surface area contributed by atoms with E-state index in [1.165, 1.54) is 74.6 Å². The van der Waals surface area contributed by atoms with Gasteiger partial charge in [0.15, 0.2) is 35.6 Å². The first-order valence-electron chi connectivity index (χ1n) is 21.6. The first kappa shape index (κ1) is 49.1. The van der Waals surface area contributed by atoms with Gasteiger partial charge in [0.2, 0.25) is 0 Å². The predicted octanol–water partition coefficient (Wildman–Crippen LogP) is 2.74. The molecule has 2 N–H and O–H groups in total. The summed E-state index contributed by atoms with van der Waals surface area (Å²) in [5.74, 6) is -12.2. The predicted molar refractivity (Wildman–Crippen MR) is 227 cm³/mol. The first-order chi connectivity index (χ1) is 31.9. The zero-order valence-electron chi connectivity index (χ0n) is 38.3. The molecular weight excluding hydrogens is 895 g/mol. The highest BCUT2D eigenvalue weighted by Crippen LogP contribution is 2.70. The molecule has 1 spiro atoms. The molecule has 2 aliphatic carbocycles. The van der Waals surface area contributed by atoms with Crippen molar-refractivity contribution >= 4 is 47.8 Å². The molecule has 20 heteroatoms. The highest BCUT2D eigenvalue weighted by atomic mass is 16.7. The van der Waals surface area contributed by atoms with Gasteiger partial charge in [-0.3, -0.25) is 24.2 Å². The number of aliphatic hydroxyl groups is 2. The van der Waals surface area contributed by atoms with Crippen molar-refractivity contribution in [1.82, 2.24) is 4.98 Å². The van der Waals surface area contributed by atoms with Gasteiger partial charge in [-0.05, 0) is 56.7 Å². The van der Waals surface area contributed by atoms with Crippen LogP contribution in [0.15, 0.2) is 79.1 Å². The van der Waals surface area contributed by atoms with Gasteiger partial charge in [0.05, 0.1) is 22.6 Å². The summed E-state index contributed by atoms with van der Waals surface area (Å²) in [6.45, 7) is 6.70. The molecule has 1 saturated heterocycles. The smallest absolute Gasteiger partial charge is 0.340 e. The van der Waals surface area contributed by atoms with E-state index in [0.717, 1.165) is 47.7 Å². The number of carbonyl (C=O) groups excluding carboxylic acids is 8. The summed E-state index contributed by atoms with van der Waals surface area (Å²) in [4.78, 5) is 116. The van der Waals surface area contributed by atoms with E-state index in [4.69, 9.17) is 42.6 Å². The number of pyridine rings is 1. The molecule has 3 heterocycles. The number of rotatable bonds is 9. The topological polar surface area (TPSA) is 273 Å². The third-order valence-corrected chi connectivity index (χ3v) is 13.5. The largest absolute Gasteiger partial charge is 0.465 e. The normalized spacial score (nSPS) is 34.9. The van der Waals surface area contributed by atoms with Gasteiger partial charge in [0.25, 0.3) is 0 Å². The molecule has 3 aromatic rings. The van der Waals surface area contributed by atoms with Gasteiger partial charge in [0, 0.05) is 46.0 Å². The number of aromatic nitrogens is 1. The van der Waals surface area contributed by atoms with E-state index < -0.39 is 137 Å². The highest BCUT2D eigenvalue weighted by Gasteiger charge is 2.92. The molecule has 362 valence electrons. The van der Waals surface area contributed by atoms with Crippen molar-refractivity contribution in [1.29, 1.82) is 0 Å². The van der Waals surface area contributed by atoms with E-state index in [1.54, 1.807) is 12.1 Å². The Hall–Kier alpha value is -6.77. The molecule has 0 unspecified atom stereocenters. The van der Waals surface area contributed by atoms with E-state index in [1.807, 2.05) is 0 Å². The summed E-state index contributed by atoms with van der Waals surface area (Å²) in [7, 11) is 0. The SMILES string of the molecule is CC(=O)OC[C@]12[C@H](OC(C)=O)[C@H](OC(C)=O)[C@@H]3[C@@H](OC(=O)c4ccccc4)[C@@]14O[C@@]3(C)COC(=O)c1cnccc1[C@H](C)[C@](C)(O)C(=O)O[C@@H]([C@H](OC(=O)c1ccccc1)[C@@H]2OC(C)=O)[C@]4(C)O. The van der Waals surface area contributed by atoms with Crippen LogP contribution in [-0.4, -0.2) is 135 Å². The summed E-state index contributed by atoms with van der Waals surface area (Å²) in [5, 5.41) is 26.2. The Kier molecular flexibility index (Phi) is 13.0. The van der Waals surface area contributed by atoms with Gasteiger partial charge in [-0.1, -0.05) is 43.3 Å². The van der Waals surface area contributed by atoms with Crippen LogP contribution in [0, 0.1) is 11.3 Å². The van der Waals surface area contributed by atoms with Gasteiger partial charge >= 0.3 is 47.8 Å². The molecule has 0 amide bonds. The van der Waals surface area contributed by atoms with Gasteiger partial charge in [0.1, 0.15) is 42.0 Å². The van der Waals surface area contributed by atoms with Crippen LogP contribution >= 0.6 is 0 Å². The fourth-order valence-electron chi connectivity index (χ4n) is 10.4. The minimum Gasteiger partial charge on any atom is -0.465 e. The molecule has 68 heavy (non-hydrogen) atoms. The molecule has 13 atom stereocenters. The number of esters is 8. The van der Waals surface area contributed by atoms with Gasteiger partial charge < -0.3 is 52.8 Å². The number of fused-ring (bicyclic) bond motifs is 5. The third-order valence-electron chi connectivity index (χ3n) is 13.5. The molecule has 2 aromatic carbocycles. The van der Waals surface area contributed by atoms with E-state index in [9.17, 15) is 48.6 Å². The van der Waals surface area contributed by atoms with E-state index in [0.29, 0.717) is 0 Å². The summed E-state index contributed by atoms with van der Waals surface area (Å²) < 4.78 is 56.1. The van der Waals surface area contributed by atoms with Crippen molar-refractivity contribution < 1.29 is 91.2 Å². The van der Waals surface area contributed by atoms with Crippen LogP contribution in [0.5, 0.6) is 0 Å². The summed E-state index contributed by atoms with van der Waals surface area (Å²) in [6, 6.07) is 16.1. The van der Waals surface area contributed by atoms with Gasteiger partial charge in [-0.15, -0.1) is 0 Å². The van der Waals surface area contributed by atoms with E-state index in [-0.39, 0.29) is 22.3 Å². The number of ether oxygens (including phenoxy) is 9. The molecule has 0 radical (unpaired) electrons. The molecule has 7 rings (SSSR count). The number of nitrogens with zero attached hydrogens (tertiary/aromatic N) is 1. The molecule has 3 fully saturated rings. The number of hydrogen-bond acceptors (Lipinski definition) is 20. The van der Waals surface area contributed by atoms with Crippen molar-refractivity contribution in [3.05, 3.63) is 101 Å². The van der Waals surface area contributed by atoms with Gasteiger partial charge in [-0.25, -0.2) is 19.2 Å². The zero-order valence-corrected chi connectivity index (χ0v) is 38.3. The average Bonchev–Trinajstić information content (AvgIpc) is 3.51. The van der Waals surface area contributed by atoms with Crippen molar-refractivity contribution in [2.75, 3.05) is 13.2 Å². The maximum atomic E-state index is 14.9. The van der Waals surface area contributed by atoms with Crippen LogP contribution in [0.2, 0.25) is 0 Å². The molecular formula is C48H51NO19. The second-order valence-corrected chi connectivity index (χ2v) is 17.9. The Morgan fingerprint density at radius 3 is 1.79 bits per heavy atom. The lowest BCUT2D eigenvalue weighted by Gasteiger charge is -2.67. The molecule has 20 nitrogen and oxygen atoms in total. The minimum absolute atomic E-state index is 0.0414. The van der Waals surface area contributed by atoms with Crippen molar-refractivity contribution in [2.45, 2.75) is 120 Å². The second-order valence-electron chi connectivity index (χ2n) is 17.9. The van der Waals surface area contributed by atoms with Crippen LogP contribution in [0.4, 0.5) is 0 Å². The Bertz CT molecular complexity index is 2510. The number of benzene rings is 2. The van der Waals surface area contributed by atoms with Crippen LogP contribution in [0.3, 0.4) is 0 Å². The highest BCUT2D eigenvalue weighted by molar-refractivity contribution is 5.92. The Labute approximate surface area is 389 Å². The molecule has 4 aliphatic rings. The lowest BCUT2D eigenvalue weighted by Crippen LogP contribution is -2.89. The van der Waals surface area contributed by atoms with Crippen molar-refractivity contribution in [3.8, 4) is 0 Å². The standard InChI is InChI=1S/C48H51NO19/c1-24-31-19-20-49-21-32(31)42(56)61-22-44(6)33-34(62-26(3)51)38(63-27(4)52)47(23-60-25(2)50)39(64-28(5)53)35(65-40(54)29-15-11-9-12-16-29)37(67-43(57)45(24,7)58)46(8,59)48(47,68-44)36(33)66-41(55)30-17-13-10-14-18-30/h9-21,24,33-39,58-59H,22-23H2,1-8H3/t24-,33+,34+,35-,36+,37-,38+,39-,44-,45-,46-,47+,48-/m0/s1. The average molecular weight is 946 g/mol. The Morgan fingerprint density at radius 1 is 0.706 bits per heavy atom.